The van der Waals surface area contributed by atoms with Crippen molar-refractivity contribution in [3.05, 3.63) is 182 Å². The molecule has 0 bridgehead atoms. The summed E-state index contributed by atoms with van der Waals surface area (Å²) < 4.78 is 23.1. The molecule has 0 heterocycles. The summed E-state index contributed by atoms with van der Waals surface area (Å²) in [4.78, 5) is 0. The third-order valence-corrected chi connectivity index (χ3v) is 32.1. The Kier molecular flexibility index (Phi) is 21.7. The minimum Gasteiger partial charge on any atom is -0.872 e. The molecule has 0 fully saturated rings. The summed E-state index contributed by atoms with van der Waals surface area (Å²) >= 11 is -3.82. The van der Waals surface area contributed by atoms with E-state index in [2.05, 4.69) is 245 Å². The van der Waals surface area contributed by atoms with E-state index in [1.54, 1.807) is 18.2 Å². The van der Waals surface area contributed by atoms with Gasteiger partial charge in [0.15, 0.2) is 0 Å². The largest absolute Gasteiger partial charge is 1.20 e. The van der Waals surface area contributed by atoms with Crippen LogP contribution in [-0.2, 0) is 0 Å². The summed E-state index contributed by atoms with van der Waals surface area (Å²) in [6, 6.07) is 63.0. The molecule has 0 radical (unpaired) electrons. The van der Waals surface area contributed by atoms with Crippen LogP contribution >= 0.6 is 0 Å². The molecule has 0 aromatic heterocycles. The van der Waals surface area contributed by atoms with Gasteiger partial charge in [-0.15, -0.1) is 17.2 Å². The van der Waals surface area contributed by atoms with Crippen LogP contribution in [0.1, 0.15) is 0 Å². The maximum absolute atomic E-state index is 15.1. The van der Waals surface area contributed by atoms with Gasteiger partial charge in [-0.3, -0.25) is 0 Å². The Labute approximate surface area is 634 Å². The molecule has 0 saturated carbocycles. The first-order valence-electron chi connectivity index (χ1n) is 32.1. The van der Waals surface area contributed by atoms with Gasteiger partial charge in [0.1, 0.15) is 0 Å². The van der Waals surface area contributed by atoms with Crippen molar-refractivity contribution >= 4 is 159 Å². The second-order valence-corrected chi connectivity index (χ2v) is 63.1. The van der Waals surface area contributed by atoms with Crippen LogP contribution in [0.5, 0.6) is 34.5 Å². The van der Waals surface area contributed by atoms with Crippen LogP contribution < -0.4 is 146 Å². The van der Waals surface area contributed by atoms with Gasteiger partial charge in [0.2, 0.25) is 0 Å². The number of fused-ring (bicyclic) bond motifs is 6. The molecule has 0 aliphatic heterocycles. The fourth-order valence-corrected chi connectivity index (χ4v) is 21.3. The van der Waals surface area contributed by atoms with E-state index in [4.69, 9.17) is 11.4 Å². The smallest absolute Gasteiger partial charge is 0.872 e. The molecule has 94 heavy (non-hydrogen) atoms. The molecule has 0 aliphatic rings. The molecule has 16 heteroatoms. The van der Waals surface area contributed by atoms with E-state index in [0.717, 1.165) is 64.6 Å². The molecule has 12 aromatic carbocycles. The van der Waals surface area contributed by atoms with E-state index in [1.807, 2.05) is 36.4 Å². The molecule has 0 spiro atoms. The minimum atomic E-state index is -3.82. The molecule has 6 nitrogen and oxygen atoms in total. The molecule has 0 unspecified atom stereocenters. The van der Waals surface area contributed by atoms with Crippen LogP contribution in [0.25, 0.3) is 98.0 Å². The maximum Gasteiger partial charge on any atom is 1.20 e. The predicted molar refractivity (Wildman–Crippen MR) is 405 cm³/mol. The number of hydrogen-bond acceptors (Lipinski definition) is 6. The van der Waals surface area contributed by atoms with Crippen LogP contribution in [0.15, 0.2) is 182 Å². The zero-order valence-corrected chi connectivity index (χ0v) is 72.5. The van der Waals surface area contributed by atoms with Crippen LogP contribution in [0.4, 0.5) is 0 Å². The van der Waals surface area contributed by atoms with Gasteiger partial charge in [0.05, 0.1) is 65.7 Å². The monoisotopic (exact) mass is 1380 g/mol. The number of rotatable bonds is 15. The molecule has 0 amide bonds. The summed E-state index contributed by atoms with van der Waals surface area (Å²) in [6.45, 7) is 42.3. The molecule has 0 N–H and O–H groups in total. The van der Waals surface area contributed by atoms with Crippen molar-refractivity contribution in [1.82, 2.24) is 0 Å². The van der Waals surface area contributed by atoms with Crippen molar-refractivity contribution in [2.45, 2.75) is 118 Å². The Morgan fingerprint density at radius 3 is 0.574 bits per heavy atom. The molecule has 462 valence electrons. The van der Waals surface area contributed by atoms with Crippen molar-refractivity contribution in [3.63, 3.8) is 0 Å². The predicted octanol–water partition coefficient (Wildman–Crippen LogP) is 7.63. The molecule has 12 aromatic rings. The third-order valence-electron chi connectivity index (χ3n) is 18.5. The first kappa shape index (κ1) is 74.1. The van der Waals surface area contributed by atoms with Crippen LogP contribution in [-0.4, -0.2) is 63.6 Å². The van der Waals surface area contributed by atoms with E-state index >= 15 is 15.3 Å². The van der Waals surface area contributed by atoms with Gasteiger partial charge in [-0.2, -0.15) is 0 Å². The summed E-state index contributed by atoms with van der Waals surface area (Å²) in [5, 5.41) is 64.2. The fourth-order valence-electron chi connectivity index (χ4n) is 12.9. The van der Waals surface area contributed by atoms with Gasteiger partial charge in [0, 0.05) is 16.7 Å². The number of hydrogen-bond donors (Lipinski definition) is 0. The zero-order chi connectivity index (χ0) is 65.2. The molecule has 0 saturated heterocycles. The van der Waals surface area contributed by atoms with Gasteiger partial charge in [-0.05, 0) is 99.5 Å². The summed E-state index contributed by atoms with van der Waals surface area (Å²) in [7, 11) is -10.7. The Bertz CT molecular complexity index is 4450. The maximum atomic E-state index is 15.1. The Hall–Kier alpha value is -4.17. The molecular formula is C78H84AlNa3O6Si6. The van der Waals surface area contributed by atoms with Crippen LogP contribution in [0.2, 0.25) is 118 Å². The molecule has 0 atom stereocenters. The molecule has 12 rings (SSSR count). The SMILES string of the molecule is C[Si](C)(C)c1ccc2c(-c3c([O][Al]([O]c4ccc5cc([Si](C)(C)C)ccc5c4-c4c([O-])ccc5cc([Si](C)(C)C)ccc45)[O]c4ccc5cc([Si](C)(C)C)ccc5c4-c4c([O-])ccc5cc([Si](C)(C)C)ccc45)ccc4cc([Si](C)(C)C)ccc34)c([O-])ccc2c1.[Na+].[Na+].[Na+]. The summed E-state index contributed by atoms with van der Waals surface area (Å²) in [6.07, 6.45) is 0. The third kappa shape index (κ3) is 14.8. The Morgan fingerprint density at radius 2 is 0.394 bits per heavy atom. The topological polar surface area (TPSA) is 96.9 Å². The van der Waals surface area contributed by atoms with Crippen LogP contribution in [0.3, 0.4) is 0 Å². The van der Waals surface area contributed by atoms with Crippen molar-refractivity contribution in [3.8, 4) is 67.9 Å². The normalized spacial score (nSPS) is 12.4. The van der Waals surface area contributed by atoms with Gasteiger partial charge in [0.25, 0.3) is 0 Å². The standard InChI is InChI=1S/3C26H30O2Si2.Al.3Na/c3*1-29(2,3)19-9-11-21-17(15-19)7-13-23(27)25(21)26-22-12-10-20(30(4,5)6)16-18(22)8-14-24(26)28;;;;/h3*7-16,27-28H,1-6H3;;;;/q;;;+3;3*+1/p-6. The second-order valence-electron chi connectivity index (χ2n) is 31.4. The zero-order valence-electron chi connectivity index (χ0n) is 59.3. The summed E-state index contributed by atoms with van der Waals surface area (Å²) in [5.74, 6) is 0.893. The van der Waals surface area contributed by atoms with Crippen molar-refractivity contribution in [1.29, 1.82) is 0 Å². The van der Waals surface area contributed by atoms with Gasteiger partial charge in [-0.1, -0.05) is 313 Å². The average molecular weight is 1380 g/mol. The van der Waals surface area contributed by atoms with Gasteiger partial charge >= 0.3 is 104 Å². The van der Waals surface area contributed by atoms with Crippen LogP contribution in [0, 0.1) is 0 Å². The molecular weight excluding hydrogens is 1300 g/mol. The summed E-state index contributed by atoms with van der Waals surface area (Å²) in [5.41, 5.74) is 3.57. The Balaban J connectivity index is 0.00000347. The second kappa shape index (κ2) is 27.5. The first-order chi connectivity index (χ1) is 42.6. The van der Waals surface area contributed by atoms with E-state index in [9.17, 15) is 0 Å². The van der Waals surface area contributed by atoms with E-state index in [-0.39, 0.29) is 106 Å². The first-order valence-corrected chi connectivity index (χ1v) is 54.5. The van der Waals surface area contributed by atoms with Crippen molar-refractivity contribution < 1.29 is 115 Å². The fraction of sp³-hybridized carbons (Fsp3) is 0.231. The van der Waals surface area contributed by atoms with E-state index < -0.39 is 63.6 Å². The van der Waals surface area contributed by atoms with Gasteiger partial charge < -0.3 is 26.7 Å². The minimum absolute atomic E-state index is 0. The van der Waals surface area contributed by atoms with Crippen molar-refractivity contribution in [2.24, 2.45) is 0 Å². The number of benzene rings is 12. The van der Waals surface area contributed by atoms with E-state index in [1.165, 1.54) is 31.1 Å². The van der Waals surface area contributed by atoms with Crippen molar-refractivity contribution in [2.75, 3.05) is 0 Å². The average Bonchev–Trinajstić information content (AvgIpc) is 0.755. The van der Waals surface area contributed by atoms with E-state index in [0.29, 0.717) is 50.6 Å². The Morgan fingerprint density at radius 1 is 0.223 bits per heavy atom. The molecule has 0 aliphatic carbocycles. The quantitative estimate of drug-likeness (QED) is 0.0981. The van der Waals surface area contributed by atoms with Gasteiger partial charge in [-0.25, -0.2) is 0 Å².